The molecule has 0 heterocycles. The predicted octanol–water partition coefficient (Wildman–Crippen LogP) is 3.54. The van der Waals surface area contributed by atoms with Crippen LogP contribution in [0.2, 0.25) is 0 Å². The van der Waals surface area contributed by atoms with Gasteiger partial charge in [0.1, 0.15) is 0 Å². The first-order chi connectivity index (χ1) is 4.83. The van der Waals surface area contributed by atoms with Crippen molar-refractivity contribution in [3.8, 4) is 0 Å². The average Bonchev–Trinajstić information content (AvgIpc) is 2.67. The molecule has 58 valence electrons. The first-order valence-corrected chi connectivity index (χ1v) is 4.64. The van der Waals surface area contributed by atoms with Gasteiger partial charge in [-0.05, 0) is 31.6 Å². The normalized spacial score (nSPS) is 19.6. The van der Waals surface area contributed by atoms with Crippen molar-refractivity contribution < 1.29 is 0 Å². The molecular weight excluding hydrogens is 167 g/mol. The van der Waals surface area contributed by atoms with Crippen molar-refractivity contribution in [2.45, 2.75) is 25.7 Å². The number of allylic oxidation sites excluding steroid dienone is 2. The Kier molecular flexibility index (Phi) is 3.58. The zero-order valence-electron chi connectivity index (χ0n) is 5.95. The van der Waals surface area contributed by atoms with E-state index in [9.17, 15) is 0 Å². The molecule has 2 heteroatoms. The van der Waals surface area contributed by atoms with Crippen molar-refractivity contribution in [2.75, 3.05) is 5.88 Å². The van der Waals surface area contributed by atoms with Crippen LogP contribution in [0, 0.1) is 5.92 Å². The lowest BCUT2D eigenvalue weighted by Gasteiger charge is -1.93. The second-order valence-corrected chi connectivity index (χ2v) is 3.64. The van der Waals surface area contributed by atoms with Crippen molar-refractivity contribution >= 4 is 23.2 Å². The fourth-order valence-electron chi connectivity index (χ4n) is 0.892. The summed E-state index contributed by atoms with van der Waals surface area (Å²) in [5, 5.41) is 1.00. The summed E-state index contributed by atoms with van der Waals surface area (Å²) in [4.78, 5) is 0. The predicted molar refractivity (Wildman–Crippen MR) is 46.6 cm³/mol. The third-order valence-electron chi connectivity index (χ3n) is 1.66. The van der Waals surface area contributed by atoms with E-state index in [1.807, 2.05) is 6.08 Å². The topological polar surface area (TPSA) is 0 Å². The summed E-state index contributed by atoms with van der Waals surface area (Å²) in [5.41, 5.74) is 0. The Morgan fingerprint density at radius 2 is 2.20 bits per heavy atom. The molecule has 0 amide bonds. The highest BCUT2D eigenvalue weighted by molar-refractivity contribution is 6.29. The highest BCUT2D eigenvalue weighted by Crippen LogP contribution is 2.36. The molecule has 10 heavy (non-hydrogen) atoms. The molecule has 0 radical (unpaired) electrons. The minimum absolute atomic E-state index is 0.681. The molecule has 1 aliphatic rings. The zero-order valence-corrected chi connectivity index (χ0v) is 7.46. The minimum Gasteiger partial charge on any atom is -0.126 e. The van der Waals surface area contributed by atoms with Crippen LogP contribution in [0.3, 0.4) is 0 Å². The van der Waals surface area contributed by atoms with Gasteiger partial charge in [-0.15, -0.1) is 11.6 Å². The van der Waals surface area contributed by atoms with Crippen LogP contribution in [0.4, 0.5) is 0 Å². The van der Waals surface area contributed by atoms with Gasteiger partial charge < -0.3 is 0 Å². The van der Waals surface area contributed by atoms with Crippen LogP contribution in [0.5, 0.6) is 0 Å². The van der Waals surface area contributed by atoms with E-state index in [0.29, 0.717) is 5.88 Å². The smallest absolute Gasteiger partial charge is 0.0258 e. The zero-order chi connectivity index (χ0) is 7.40. The lowest BCUT2D eigenvalue weighted by atomic mass is 10.2. The SMILES string of the molecule is ClCC/C=C(\Cl)CC1CC1. The maximum Gasteiger partial charge on any atom is 0.0258 e. The standard InChI is InChI=1S/C8H12Cl2/c9-5-1-2-8(10)6-7-3-4-7/h2,7H,1,3-6H2/b8-2-. The Morgan fingerprint density at radius 3 is 2.70 bits per heavy atom. The van der Waals surface area contributed by atoms with Gasteiger partial charge in [0.05, 0.1) is 0 Å². The van der Waals surface area contributed by atoms with E-state index in [1.165, 1.54) is 12.8 Å². The van der Waals surface area contributed by atoms with Gasteiger partial charge in [-0.1, -0.05) is 17.7 Å². The van der Waals surface area contributed by atoms with E-state index in [1.54, 1.807) is 0 Å². The molecule has 0 aromatic heterocycles. The minimum atomic E-state index is 0.681. The number of hydrogen-bond acceptors (Lipinski definition) is 0. The van der Waals surface area contributed by atoms with Gasteiger partial charge in [-0.2, -0.15) is 0 Å². The van der Waals surface area contributed by atoms with Crippen LogP contribution in [0.1, 0.15) is 25.7 Å². The molecule has 0 nitrogen and oxygen atoms in total. The van der Waals surface area contributed by atoms with Crippen LogP contribution < -0.4 is 0 Å². The molecule has 0 aromatic rings. The average molecular weight is 179 g/mol. The lowest BCUT2D eigenvalue weighted by Crippen LogP contribution is -1.77. The highest BCUT2D eigenvalue weighted by atomic mass is 35.5. The maximum absolute atomic E-state index is 5.90. The molecule has 0 saturated heterocycles. The van der Waals surface area contributed by atoms with Crippen LogP contribution in [-0.4, -0.2) is 5.88 Å². The van der Waals surface area contributed by atoms with Crippen LogP contribution in [0.15, 0.2) is 11.1 Å². The molecule has 0 aliphatic heterocycles. The molecule has 1 aliphatic carbocycles. The molecule has 0 spiro atoms. The van der Waals surface area contributed by atoms with E-state index in [4.69, 9.17) is 23.2 Å². The second kappa shape index (κ2) is 4.25. The van der Waals surface area contributed by atoms with Crippen LogP contribution in [0.25, 0.3) is 0 Å². The maximum atomic E-state index is 5.90. The van der Waals surface area contributed by atoms with Crippen LogP contribution >= 0.6 is 23.2 Å². The Hall–Kier alpha value is 0.320. The molecule has 1 saturated carbocycles. The molecule has 0 N–H and O–H groups in total. The quantitative estimate of drug-likeness (QED) is 0.579. The summed E-state index contributed by atoms with van der Waals surface area (Å²) >= 11 is 11.4. The lowest BCUT2D eigenvalue weighted by molar-refractivity contribution is 0.847. The van der Waals surface area contributed by atoms with Gasteiger partial charge >= 0.3 is 0 Å². The highest BCUT2D eigenvalue weighted by Gasteiger charge is 2.21. The third-order valence-corrected chi connectivity index (χ3v) is 2.18. The largest absolute Gasteiger partial charge is 0.126 e. The number of rotatable bonds is 4. The van der Waals surface area contributed by atoms with Crippen molar-refractivity contribution in [1.29, 1.82) is 0 Å². The van der Waals surface area contributed by atoms with Crippen molar-refractivity contribution in [3.05, 3.63) is 11.1 Å². The van der Waals surface area contributed by atoms with E-state index < -0.39 is 0 Å². The van der Waals surface area contributed by atoms with Gasteiger partial charge in [0, 0.05) is 10.9 Å². The second-order valence-electron chi connectivity index (χ2n) is 2.78. The fourth-order valence-corrected chi connectivity index (χ4v) is 1.33. The van der Waals surface area contributed by atoms with Crippen molar-refractivity contribution in [2.24, 2.45) is 5.92 Å². The van der Waals surface area contributed by atoms with E-state index in [0.717, 1.165) is 23.8 Å². The van der Waals surface area contributed by atoms with E-state index >= 15 is 0 Å². The molecule has 0 unspecified atom stereocenters. The van der Waals surface area contributed by atoms with Gasteiger partial charge in [0.15, 0.2) is 0 Å². The summed E-state index contributed by atoms with van der Waals surface area (Å²) in [6.07, 6.45) is 6.76. The number of alkyl halides is 1. The van der Waals surface area contributed by atoms with Crippen LogP contribution in [-0.2, 0) is 0 Å². The van der Waals surface area contributed by atoms with Crippen molar-refractivity contribution in [3.63, 3.8) is 0 Å². The molecule has 0 aromatic carbocycles. The summed E-state index contributed by atoms with van der Waals surface area (Å²) < 4.78 is 0. The third kappa shape index (κ3) is 3.48. The van der Waals surface area contributed by atoms with Gasteiger partial charge in [0.25, 0.3) is 0 Å². The fraction of sp³-hybridized carbons (Fsp3) is 0.750. The molecule has 0 atom stereocenters. The summed E-state index contributed by atoms with van der Waals surface area (Å²) in [7, 11) is 0. The molecule has 1 rings (SSSR count). The molecular formula is C8H12Cl2. The summed E-state index contributed by atoms with van der Waals surface area (Å²) in [5.74, 6) is 1.57. The van der Waals surface area contributed by atoms with Gasteiger partial charge in [-0.25, -0.2) is 0 Å². The Morgan fingerprint density at radius 1 is 1.50 bits per heavy atom. The van der Waals surface area contributed by atoms with Gasteiger partial charge in [-0.3, -0.25) is 0 Å². The van der Waals surface area contributed by atoms with Crippen molar-refractivity contribution in [1.82, 2.24) is 0 Å². The van der Waals surface area contributed by atoms with E-state index in [-0.39, 0.29) is 0 Å². The first kappa shape index (κ1) is 8.42. The Labute approximate surface area is 72.2 Å². The monoisotopic (exact) mass is 178 g/mol. The Bertz CT molecular complexity index is 125. The van der Waals surface area contributed by atoms with E-state index in [2.05, 4.69) is 0 Å². The summed E-state index contributed by atoms with van der Waals surface area (Å²) in [6, 6.07) is 0. The number of hydrogen-bond donors (Lipinski definition) is 0. The van der Waals surface area contributed by atoms with Gasteiger partial charge in [0.2, 0.25) is 0 Å². The molecule has 0 bridgehead atoms. The first-order valence-electron chi connectivity index (χ1n) is 3.73. The summed E-state index contributed by atoms with van der Waals surface area (Å²) in [6.45, 7) is 0. The number of halogens is 2. The molecule has 1 fully saturated rings. The Balaban J connectivity index is 2.11.